The van der Waals surface area contributed by atoms with E-state index in [9.17, 15) is 14.7 Å². The molecule has 34 heavy (non-hydrogen) atoms. The standard InChI is InChI=1S/C23H26N6O5/c1-27-20-19(21(31)28(2)23(27)32)29(22(26-20)25-12-15-5-4-10-24-11-15)13-16(30)14-34-18-8-6-17(33-3)7-9-18/h4-11,16,30H,12-14H2,1-3H3,(H,25,26). The quantitative estimate of drug-likeness (QED) is 0.373. The normalized spacial score (nSPS) is 12.0. The van der Waals surface area contributed by atoms with Crippen molar-refractivity contribution in [1.82, 2.24) is 23.7 Å². The number of rotatable bonds is 9. The van der Waals surface area contributed by atoms with Crippen molar-refractivity contribution in [2.75, 3.05) is 19.0 Å². The lowest BCUT2D eigenvalue weighted by atomic mass is 10.3. The highest BCUT2D eigenvalue weighted by Crippen LogP contribution is 2.19. The van der Waals surface area contributed by atoms with Crippen molar-refractivity contribution < 1.29 is 14.6 Å². The van der Waals surface area contributed by atoms with E-state index >= 15 is 0 Å². The van der Waals surface area contributed by atoms with Crippen LogP contribution in [0.25, 0.3) is 11.2 Å². The van der Waals surface area contributed by atoms with Crippen LogP contribution in [0.3, 0.4) is 0 Å². The van der Waals surface area contributed by atoms with Crippen LogP contribution in [0, 0.1) is 0 Å². The number of aliphatic hydroxyl groups excluding tert-OH is 1. The fourth-order valence-electron chi connectivity index (χ4n) is 3.57. The zero-order chi connectivity index (χ0) is 24.2. The van der Waals surface area contributed by atoms with Crippen molar-refractivity contribution in [1.29, 1.82) is 0 Å². The molecule has 3 aromatic heterocycles. The van der Waals surface area contributed by atoms with Crippen LogP contribution in [0.2, 0.25) is 0 Å². The molecule has 0 amide bonds. The first-order valence-electron chi connectivity index (χ1n) is 10.6. The van der Waals surface area contributed by atoms with Gasteiger partial charge in [-0.25, -0.2) is 4.79 Å². The van der Waals surface area contributed by atoms with Crippen LogP contribution in [0.1, 0.15) is 5.56 Å². The fraction of sp³-hybridized carbons (Fsp3) is 0.304. The van der Waals surface area contributed by atoms with Crippen molar-refractivity contribution in [2.45, 2.75) is 19.2 Å². The van der Waals surface area contributed by atoms with Gasteiger partial charge in [0.25, 0.3) is 5.56 Å². The van der Waals surface area contributed by atoms with Crippen molar-refractivity contribution in [2.24, 2.45) is 14.1 Å². The van der Waals surface area contributed by atoms with Gasteiger partial charge in [0.05, 0.1) is 13.7 Å². The molecule has 0 fully saturated rings. The lowest BCUT2D eigenvalue weighted by Gasteiger charge is -2.16. The van der Waals surface area contributed by atoms with E-state index in [0.29, 0.717) is 24.0 Å². The van der Waals surface area contributed by atoms with Crippen LogP contribution in [-0.4, -0.2) is 48.6 Å². The molecule has 2 N–H and O–H groups in total. The minimum Gasteiger partial charge on any atom is -0.497 e. The Hall–Kier alpha value is -4.12. The molecule has 1 aromatic carbocycles. The molecular formula is C23H26N6O5. The largest absolute Gasteiger partial charge is 0.497 e. The van der Waals surface area contributed by atoms with Gasteiger partial charge in [0.1, 0.15) is 24.2 Å². The highest BCUT2D eigenvalue weighted by atomic mass is 16.5. The second kappa shape index (κ2) is 9.79. The fourth-order valence-corrected chi connectivity index (χ4v) is 3.57. The van der Waals surface area contributed by atoms with E-state index in [1.807, 2.05) is 12.1 Å². The first-order chi connectivity index (χ1) is 16.4. The van der Waals surface area contributed by atoms with Crippen LogP contribution in [0.5, 0.6) is 11.5 Å². The first-order valence-corrected chi connectivity index (χ1v) is 10.6. The van der Waals surface area contributed by atoms with Crippen molar-refractivity contribution in [3.8, 4) is 11.5 Å². The molecule has 11 nitrogen and oxygen atoms in total. The lowest BCUT2D eigenvalue weighted by molar-refractivity contribution is 0.0938. The van der Waals surface area contributed by atoms with E-state index in [1.54, 1.807) is 55.4 Å². The van der Waals surface area contributed by atoms with Crippen LogP contribution < -0.4 is 26.0 Å². The number of aryl methyl sites for hydroxylation is 1. The average molecular weight is 466 g/mol. The molecule has 4 aromatic rings. The Morgan fingerprint density at radius 2 is 1.82 bits per heavy atom. The molecule has 0 aliphatic carbocycles. The lowest BCUT2D eigenvalue weighted by Crippen LogP contribution is -2.38. The molecule has 0 aliphatic rings. The summed E-state index contributed by atoms with van der Waals surface area (Å²) in [4.78, 5) is 33.9. The van der Waals surface area contributed by atoms with E-state index in [2.05, 4.69) is 15.3 Å². The van der Waals surface area contributed by atoms with Gasteiger partial charge >= 0.3 is 5.69 Å². The van der Waals surface area contributed by atoms with E-state index in [0.717, 1.165) is 10.1 Å². The number of benzene rings is 1. The number of pyridine rings is 1. The molecule has 4 rings (SSSR count). The third kappa shape index (κ3) is 4.64. The van der Waals surface area contributed by atoms with Crippen molar-refractivity contribution >= 4 is 17.1 Å². The number of hydrogen-bond acceptors (Lipinski definition) is 8. The summed E-state index contributed by atoms with van der Waals surface area (Å²) in [6, 6.07) is 10.7. The summed E-state index contributed by atoms with van der Waals surface area (Å²) in [6.45, 7) is 0.402. The Morgan fingerprint density at radius 3 is 2.50 bits per heavy atom. The van der Waals surface area contributed by atoms with Gasteiger partial charge in [-0.15, -0.1) is 0 Å². The number of hydrogen-bond donors (Lipinski definition) is 2. The Morgan fingerprint density at radius 1 is 1.09 bits per heavy atom. The van der Waals surface area contributed by atoms with Gasteiger partial charge in [-0.2, -0.15) is 4.98 Å². The number of aromatic nitrogens is 5. The Balaban J connectivity index is 1.62. The molecule has 1 unspecified atom stereocenters. The number of imidazole rings is 1. The number of fused-ring (bicyclic) bond motifs is 1. The van der Waals surface area contributed by atoms with E-state index in [1.165, 1.54) is 11.6 Å². The maximum atomic E-state index is 13.0. The van der Waals surface area contributed by atoms with Gasteiger partial charge in [0.15, 0.2) is 11.2 Å². The Kier molecular flexibility index (Phi) is 6.64. The van der Waals surface area contributed by atoms with Crippen LogP contribution in [0.15, 0.2) is 58.4 Å². The van der Waals surface area contributed by atoms with Crippen molar-refractivity contribution in [3.63, 3.8) is 0 Å². The third-order valence-electron chi connectivity index (χ3n) is 5.42. The number of aliphatic hydroxyl groups is 1. The summed E-state index contributed by atoms with van der Waals surface area (Å²) >= 11 is 0. The minimum atomic E-state index is -0.958. The molecule has 11 heteroatoms. The van der Waals surface area contributed by atoms with Crippen molar-refractivity contribution in [3.05, 3.63) is 75.2 Å². The smallest absolute Gasteiger partial charge is 0.332 e. The monoisotopic (exact) mass is 466 g/mol. The number of nitrogens with zero attached hydrogens (tertiary/aromatic N) is 5. The van der Waals surface area contributed by atoms with Gasteiger partial charge in [-0.1, -0.05) is 6.07 Å². The Labute approximate surface area is 194 Å². The van der Waals surface area contributed by atoms with Gasteiger partial charge in [0.2, 0.25) is 5.95 Å². The maximum absolute atomic E-state index is 13.0. The molecule has 0 saturated heterocycles. The zero-order valence-corrected chi connectivity index (χ0v) is 19.1. The predicted octanol–water partition coefficient (Wildman–Crippen LogP) is 0.889. The van der Waals surface area contributed by atoms with Gasteiger partial charge in [0, 0.05) is 33.0 Å². The maximum Gasteiger partial charge on any atom is 0.332 e. The SMILES string of the molecule is COc1ccc(OCC(O)Cn2c(NCc3cccnc3)nc3c2c(=O)n(C)c(=O)n3C)cc1. The third-order valence-corrected chi connectivity index (χ3v) is 5.42. The summed E-state index contributed by atoms with van der Waals surface area (Å²) in [7, 11) is 4.54. The summed E-state index contributed by atoms with van der Waals surface area (Å²) < 4.78 is 14.7. The predicted molar refractivity (Wildman–Crippen MR) is 126 cm³/mol. The second-order valence-corrected chi connectivity index (χ2v) is 7.78. The number of anilines is 1. The summed E-state index contributed by atoms with van der Waals surface area (Å²) in [5.41, 5.74) is 0.366. The van der Waals surface area contributed by atoms with Crippen LogP contribution >= 0.6 is 0 Å². The first kappa shape index (κ1) is 23.1. The topological polar surface area (TPSA) is 125 Å². The second-order valence-electron chi connectivity index (χ2n) is 7.78. The highest BCUT2D eigenvalue weighted by molar-refractivity contribution is 5.74. The molecule has 0 spiro atoms. The molecule has 0 aliphatic heterocycles. The summed E-state index contributed by atoms with van der Waals surface area (Å²) in [5, 5.41) is 13.9. The molecule has 0 radical (unpaired) electrons. The zero-order valence-electron chi connectivity index (χ0n) is 19.1. The average Bonchev–Trinajstić information content (AvgIpc) is 3.22. The molecule has 0 bridgehead atoms. The molecule has 0 saturated carbocycles. The van der Waals surface area contributed by atoms with E-state index in [4.69, 9.17) is 9.47 Å². The number of methoxy groups -OCH3 is 1. The number of nitrogens with one attached hydrogen (secondary N) is 1. The summed E-state index contributed by atoms with van der Waals surface area (Å²) in [5.74, 6) is 1.62. The van der Waals surface area contributed by atoms with E-state index < -0.39 is 17.4 Å². The molecular weight excluding hydrogens is 440 g/mol. The number of ether oxygens (including phenoxy) is 2. The minimum absolute atomic E-state index is 0.0138. The van der Waals surface area contributed by atoms with Gasteiger partial charge in [-0.05, 0) is 35.9 Å². The van der Waals surface area contributed by atoms with Crippen LogP contribution in [-0.2, 0) is 27.2 Å². The van der Waals surface area contributed by atoms with Gasteiger partial charge < -0.3 is 24.5 Å². The summed E-state index contributed by atoms with van der Waals surface area (Å²) in [6.07, 6.45) is 2.43. The van der Waals surface area contributed by atoms with Gasteiger partial charge in [-0.3, -0.25) is 18.9 Å². The van der Waals surface area contributed by atoms with Crippen LogP contribution in [0.4, 0.5) is 5.95 Å². The highest BCUT2D eigenvalue weighted by Gasteiger charge is 2.21. The molecule has 178 valence electrons. The molecule has 1 atom stereocenters. The van der Waals surface area contributed by atoms with E-state index in [-0.39, 0.29) is 24.3 Å². The molecule has 3 heterocycles. The Bertz CT molecular complexity index is 1390.